The molecule has 0 unspecified atom stereocenters. The van der Waals surface area contributed by atoms with E-state index < -0.39 is 5.91 Å². The molecule has 1 aromatic heterocycles. The van der Waals surface area contributed by atoms with Crippen molar-refractivity contribution in [3.8, 4) is 0 Å². The molecule has 0 bridgehead atoms. The Kier molecular flexibility index (Phi) is 1.31. The van der Waals surface area contributed by atoms with Crippen molar-refractivity contribution in [2.45, 2.75) is 0 Å². The highest BCUT2D eigenvalue weighted by atomic mass is 32.1. The molecule has 1 rings (SSSR count). The molecule has 0 aromatic carbocycles. The minimum Gasteiger partial charge on any atom is -0.405 e. The lowest BCUT2D eigenvalue weighted by Gasteiger charge is -1.77. The molecule has 0 fully saturated rings. The molecule has 0 atom stereocenters. The average Bonchev–Trinajstić information content (AvgIpc) is 2.14. The van der Waals surface area contributed by atoms with Crippen LogP contribution in [0.3, 0.4) is 0 Å². The van der Waals surface area contributed by atoms with Crippen LogP contribution in [0.2, 0.25) is 0 Å². The van der Waals surface area contributed by atoms with Gasteiger partial charge in [0.15, 0.2) is 0 Å². The number of nitrogens with two attached hydrogens (primary N) is 1. The van der Waals surface area contributed by atoms with Crippen LogP contribution in [0.15, 0.2) is 4.42 Å². The van der Waals surface area contributed by atoms with Gasteiger partial charge in [-0.25, -0.2) is 5.10 Å². The van der Waals surface area contributed by atoms with E-state index in [1.165, 1.54) is 0 Å². The molecule has 0 spiro atoms. The van der Waals surface area contributed by atoms with Crippen LogP contribution in [0, 0.1) is 4.84 Å². The second-order valence-corrected chi connectivity index (χ2v) is 1.65. The van der Waals surface area contributed by atoms with Gasteiger partial charge in [-0.3, -0.25) is 4.79 Å². The van der Waals surface area contributed by atoms with Crippen LogP contribution < -0.4 is 5.73 Å². The highest BCUT2D eigenvalue weighted by Gasteiger charge is 2.04. The Morgan fingerprint density at radius 1 is 1.89 bits per heavy atom. The van der Waals surface area contributed by atoms with E-state index in [2.05, 4.69) is 26.8 Å². The van der Waals surface area contributed by atoms with Crippen LogP contribution in [0.1, 0.15) is 10.7 Å². The number of hydrogen-bond donors (Lipinski definition) is 2. The van der Waals surface area contributed by atoms with E-state index in [1.54, 1.807) is 0 Å². The van der Waals surface area contributed by atoms with Crippen molar-refractivity contribution in [3.63, 3.8) is 0 Å². The maximum absolute atomic E-state index is 10.2. The minimum atomic E-state index is -0.734. The number of amides is 1. The molecule has 0 aliphatic heterocycles. The van der Waals surface area contributed by atoms with Crippen molar-refractivity contribution in [1.29, 1.82) is 0 Å². The van der Waals surface area contributed by atoms with Crippen molar-refractivity contribution in [3.05, 3.63) is 10.7 Å². The van der Waals surface area contributed by atoms with Crippen LogP contribution in [0.5, 0.6) is 0 Å². The van der Waals surface area contributed by atoms with Gasteiger partial charge >= 0.3 is 11.8 Å². The van der Waals surface area contributed by atoms with Crippen LogP contribution in [0.4, 0.5) is 0 Å². The standard InChI is InChI=1S/C3H3N3O2S/c4-1(7)2-5-6-3(9)8-2/h(H2,4,7)(H,6,9). The SMILES string of the molecule is NC(=O)c1n[nH]c(=S)o1. The van der Waals surface area contributed by atoms with Crippen molar-refractivity contribution in [1.82, 2.24) is 10.2 Å². The minimum absolute atomic E-state index is 0.0452. The fraction of sp³-hybridized carbons (Fsp3) is 0. The highest BCUT2D eigenvalue weighted by molar-refractivity contribution is 7.71. The van der Waals surface area contributed by atoms with Crippen molar-refractivity contribution in [2.75, 3.05) is 0 Å². The first kappa shape index (κ1) is 5.96. The van der Waals surface area contributed by atoms with E-state index in [-0.39, 0.29) is 10.7 Å². The second kappa shape index (κ2) is 1.98. The average molecular weight is 145 g/mol. The van der Waals surface area contributed by atoms with E-state index in [0.29, 0.717) is 0 Å². The van der Waals surface area contributed by atoms with Gasteiger partial charge in [-0.15, -0.1) is 5.10 Å². The third-order valence-corrected chi connectivity index (χ3v) is 0.824. The zero-order chi connectivity index (χ0) is 6.85. The Balaban J connectivity index is 3.12. The zero-order valence-corrected chi connectivity index (χ0v) is 5.07. The number of nitrogens with zero attached hydrogens (tertiary/aromatic N) is 1. The van der Waals surface area contributed by atoms with Gasteiger partial charge in [-0.05, 0) is 12.2 Å². The molecule has 0 saturated carbocycles. The molecule has 9 heavy (non-hydrogen) atoms. The number of hydrogen-bond acceptors (Lipinski definition) is 4. The summed E-state index contributed by atoms with van der Waals surface area (Å²) >= 11 is 4.46. The molecule has 1 heterocycles. The smallest absolute Gasteiger partial charge is 0.306 e. The molecule has 1 aromatic rings. The number of aromatic amines is 1. The molecule has 0 aliphatic carbocycles. The summed E-state index contributed by atoms with van der Waals surface area (Å²) in [4.78, 5) is 10.3. The first-order chi connectivity index (χ1) is 4.20. The summed E-state index contributed by atoms with van der Waals surface area (Å²) < 4.78 is 4.52. The van der Waals surface area contributed by atoms with Gasteiger partial charge < -0.3 is 10.2 Å². The summed E-state index contributed by atoms with van der Waals surface area (Å²) in [6, 6.07) is 0. The summed E-state index contributed by atoms with van der Waals surface area (Å²) in [7, 11) is 0. The Labute approximate surface area is 54.9 Å². The monoisotopic (exact) mass is 145 g/mol. The van der Waals surface area contributed by atoms with E-state index in [1.807, 2.05) is 0 Å². The summed E-state index contributed by atoms with van der Waals surface area (Å²) in [6.07, 6.45) is 0. The first-order valence-corrected chi connectivity index (χ1v) is 2.46. The van der Waals surface area contributed by atoms with Gasteiger partial charge in [-0.2, -0.15) is 0 Å². The maximum atomic E-state index is 10.2. The van der Waals surface area contributed by atoms with Crippen LogP contribution in [-0.2, 0) is 0 Å². The number of carbonyl (C=O) groups excluding carboxylic acids is 1. The van der Waals surface area contributed by atoms with Crippen molar-refractivity contribution < 1.29 is 9.21 Å². The Morgan fingerprint density at radius 3 is 2.78 bits per heavy atom. The lowest BCUT2D eigenvalue weighted by atomic mass is 10.6. The first-order valence-electron chi connectivity index (χ1n) is 2.05. The fourth-order valence-electron chi connectivity index (χ4n) is 0.335. The molecule has 3 N–H and O–H groups in total. The largest absolute Gasteiger partial charge is 0.405 e. The Bertz CT molecular complexity index is 275. The third-order valence-electron chi connectivity index (χ3n) is 0.649. The molecule has 0 radical (unpaired) electrons. The van der Waals surface area contributed by atoms with Crippen molar-refractivity contribution in [2.24, 2.45) is 5.73 Å². The molecule has 6 heteroatoms. The van der Waals surface area contributed by atoms with E-state index in [4.69, 9.17) is 5.73 Å². The van der Waals surface area contributed by atoms with Gasteiger partial charge in [0.05, 0.1) is 0 Å². The van der Waals surface area contributed by atoms with E-state index in [9.17, 15) is 4.79 Å². The lowest BCUT2D eigenvalue weighted by Crippen LogP contribution is -2.10. The molecule has 5 nitrogen and oxygen atoms in total. The molecular formula is C3H3N3O2S. The van der Waals surface area contributed by atoms with Gasteiger partial charge in [0, 0.05) is 0 Å². The lowest BCUT2D eigenvalue weighted by molar-refractivity contribution is 0.0966. The number of H-pyrrole nitrogens is 1. The third kappa shape index (κ3) is 1.14. The predicted octanol–water partition coefficient (Wildman–Crippen LogP) is -0.169. The van der Waals surface area contributed by atoms with Crippen LogP contribution >= 0.6 is 12.2 Å². The molecular weight excluding hydrogens is 142 g/mol. The molecule has 1 amide bonds. The van der Waals surface area contributed by atoms with Crippen molar-refractivity contribution >= 4 is 18.1 Å². The molecule has 0 saturated heterocycles. The Morgan fingerprint density at radius 2 is 2.56 bits per heavy atom. The zero-order valence-electron chi connectivity index (χ0n) is 4.25. The number of carbonyl (C=O) groups is 1. The van der Waals surface area contributed by atoms with Crippen LogP contribution in [-0.4, -0.2) is 16.1 Å². The number of primary amides is 1. The molecule has 48 valence electrons. The summed E-state index contributed by atoms with van der Waals surface area (Å²) in [5, 5.41) is 5.59. The number of aromatic nitrogens is 2. The second-order valence-electron chi connectivity index (χ2n) is 1.28. The highest BCUT2D eigenvalue weighted by Crippen LogP contribution is 1.90. The van der Waals surface area contributed by atoms with Crippen LogP contribution in [0.25, 0.3) is 0 Å². The fourth-order valence-corrected chi connectivity index (χ4v) is 0.460. The quantitative estimate of drug-likeness (QED) is 0.537. The summed E-state index contributed by atoms with van der Waals surface area (Å²) in [5.41, 5.74) is 4.77. The van der Waals surface area contributed by atoms with E-state index >= 15 is 0 Å². The normalized spacial score (nSPS) is 9.33. The van der Waals surface area contributed by atoms with Gasteiger partial charge in [0.1, 0.15) is 0 Å². The number of rotatable bonds is 1. The van der Waals surface area contributed by atoms with Gasteiger partial charge in [0.25, 0.3) is 4.84 Å². The van der Waals surface area contributed by atoms with Gasteiger partial charge in [0.2, 0.25) is 0 Å². The van der Waals surface area contributed by atoms with Gasteiger partial charge in [-0.1, -0.05) is 0 Å². The van der Waals surface area contributed by atoms with E-state index in [0.717, 1.165) is 0 Å². The number of nitrogens with one attached hydrogen (secondary N) is 1. The predicted molar refractivity (Wildman–Crippen MR) is 30.2 cm³/mol. The topological polar surface area (TPSA) is 84.9 Å². The maximum Gasteiger partial charge on any atom is 0.306 e. The summed E-state index contributed by atoms with van der Waals surface area (Å²) in [6.45, 7) is 0. The Hall–Kier alpha value is -1.17. The summed E-state index contributed by atoms with van der Waals surface area (Å²) in [5.74, 6) is -0.928. The molecule has 0 aliphatic rings.